The van der Waals surface area contributed by atoms with Crippen LogP contribution in [0.5, 0.6) is 0 Å². The highest BCUT2D eigenvalue weighted by atomic mass is 79.9. The molecule has 0 N–H and O–H groups in total. The number of hydrogen-bond donors (Lipinski definition) is 0. The van der Waals surface area contributed by atoms with Crippen molar-refractivity contribution < 1.29 is 18.4 Å². The fourth-order valence-corrected chi connectivity index (χ4v) is 3.58. The molecule has 0 saturated carbocycles. The second-order valence-electron chi connectivity index (χ2n) is 6.06. The van der Waals surface area contributed by atoms with Gasteiger partial charge in [0.1, 0.15) is 11.1 Å². The van der Waals surface area contributed by atoms with Crippen molar-refractivity contribution in [2.75, 3.05) is 12.4 Å². The van der Waals surface area contributed by atoms with Gasteiger partial charge in [0, 0.05) is 9.86 Å². The second-order valence-corrected chi connectivity index (χ2v) is 7.84. The van der Waals surface area contributed by atoms with Crippen molar-refractivity contribution >= 4 is 44.6 Å². The van der Waals surface area contributed by atoms with Crippen molar-refractivity contribution in [1.29, 1.82) is 0 Å². The zero-order chi connectivity index (χ0) is 21.6. The molecular formula is C22H13BrN2O5S. The van der Waals surface area contributed by atoms with Crippen LogP contribution in [0.3, 0.4) is 0 Å². The van der Waals surface area contributed by atoms with Crippen molar-refractivity contribution in [1.82, 2.24) is 10.2 Å². The SMILES string of the molecule is O=C(OCC#CCSc1nnc(-c2ccccc2Br)o1)c1cc2ccccc2oc1=O. The molecule has 0 spiro atoms. The smallest absolute Gasteiger partial charge is 0.351 e. The number of nitrogens with zero attached hydrogens (tertiary/aromatic N) is 2. The molecule has 4 rings (SSSR count). The minimum absolute atomic E-state index is 0.155. The van der Waals surface area contributed by atoms with E-state index in [2.05, 4.69) is 38.0 Å². The van der Waals surface area contributed by atoms with Gasteiger partial charge in [0.05, 0.1) is 11.3 Å². The number of rotatable bonds is 5. The van der Waals surface area contributed by atoms with Crippen LogP contribution < -0.4 is 5.63 Å². The van der Waals surface area contributed by atoms with Crippen LogP contribution in [0.2, 0.25) is 0 Å². The Morgan fingerprint density at radius 1 is 1.06 bits per heavy atom. The van der Waals surface area contributed by atoms with Gasteiger partial charge in [-0.05, 0) is 40.2 Å². The number of aromatic nitrogens is 2. The Bertz CT molecular complexity index is 1370. The largest absolute Gasteiger partial charge is 0.449 e. The molecule has 2 aromatic carbocycles. The van der Waals surface area contributed by atoms with E-state index in [9.17, 15) is 9.59 Å². The number of benzene rings is 2. The molecule has 4 aromatic rings. The van der Waals surface area contributed by atoms with Gasteiger partial charge >= 0.3 is 11.6 Å². The summed E-state index contributed by atoms with van der Waals surface area (Å²) in [6, 6.07) is 15.9. The fourth-order valence-electron chi connectivity index (χ4n) is 2.60. The number of fused-ring (bicyclic) bond motifs is 1. The minimum atomic E-state index is -0.781. The van der Waals surface area contributed by atoms with Crippen LogP contribution in [0.4, 0.5) is 0 Å². The molecule has 0 radical (unpaired) electrons. The van der Waals surface area contributed by atoms with Gasteiger partial charge < -0.3 is 13.6 Å². The van der Waals surface area contributed by atoms with Crippen molar-refractivity contribution in [2.24, 2.45) is 0 Å². The zero-order valence-electron chi connectivity index (χ0n) is 15.8. The van der Waals surface area contributed by atoms with Crippen LogP contribution in [0, 0.1) is 11.8 Å². The first-order valence-corrected chi connectivity index (χ1v) is 10.8. The Hall–Kier alpha value is -3.35. The van der Waals surface area contributed by atoms with Gasteiger partial charge in [-0.15, -0.1) is 10.2 Å². The van der Waals surface area contributed by atoms with E-state index >= 15 is 0 Å². The van der Waals surface area contributed by atoms with Crippen molar-refractivity contribution in [3.8, 4) is 23.3 Å². The number of ether oxygens (including phenoxy) is 1. The van der Waals surface area contributed by atoms with Gasteiger partial charge in [0.15, 0.2) is 6.61 Å². The van der Waals surface area contributed by atoms with Crippen LogP contribution in [-0.4, -0.2) is 28.5 Å². The third-order valence-electron chi connectivity index (χ3n) is 4.04. The highest BCUT2D eigenvalue weighted by Gasteiger charge is 2.14. The molecule has 9 heteroatoms. The molecular weight excluding hydrogens is 484 g/mol. The standard InChI is InChI=1S/C22H13BrN2O5S/c23-17-9-3-2-8-15(17)19-24-25-22(30-19)31-12-6-5-11-28-20(26)16-13-14-7-1-4-10-18(14)29-21(16)27/h1-4,7-10,13H,11-12H2. The summed E-state index contributed by atoms with van der Waals surface area (Å²) in [5, 5.41) is 9.02. The number of para-hydroxylation sites is 1. The Morgan fingerprint density at radius 3 is 2.74 bits per heavy atom. The van der Waals surface area contributed by atoms with E-state index in [1.54, 1.807) is 24.3 Å². The Kier molecular flexibility index (Phi) is 6.50. The van der Waals surface area contributed by atoms with E-state index in [0.29, 0.717) is 27.8 Å². The maximum atomic E-state index is 12.1. The molecule has 2 aromatic heterocycles. The molecule has 0 saturated heterocycles. The number of hydrogen-bond acceptors (Lipinski definition) is 8. The van der Waals surface area contributed by atoms with Gasteiger partial charge in [0.2, 0.25) is 5.89 Å². The van der Waals surface area contributed by atoms with Crippen molar-refractivity contribution in [2.45, 2.75) is 5.22 Å². The quantitative estimate of drug-likeness (QED) is 0.172. The summed E-state index contributed by atoms with van der Waals surface area (Å²) in [6.07, 6.45) is 0. The predicted molar refractivity (Wildman–Crippen MR) is 119 cm³/mol. The van der Waals surface area contributed by atoms with Crippen LogP contribution in [0.25, 0.3) is 22.4 Å². The molecule has 0 aliphatic carbocycles. The molecule has 0 unspecified atom stereocenters. The van der Waals surface area contributed by atoms with Crippen LogP contribution >= 0.6 is 27.7 Å². The summed E-state index contributed by atoms with van der Waals surface area (Å²) in [6.45, 7) is -0.155. The number of carbonyl (C=O) groups is 1. The minimum Gasteiger partial charge on any atom is -0.449 e. The molecule has 0 bridgehead atoms. The molecule has 0 aliphatic rings. The second kappa shape index (κ2) is 9.64. The first kappa shape index (κ1) is 20.9. The summed E-state index contributed by atoms with van der Waals surface area (Å²) in [5.74, 6) is 5.55. The topological polar surface area (TPSA) is 95.4 Å². The van der Waals surface area contributed by atoms with E-state index in [1.165, 1.54) is 17.8 Å². The average Bonchev–Trinajstić information content (AvgIpc) is 3.24. The van der Waals surface area contributed by atoms with E-state index in [1.807, 2.05) is 24.3 Å². The number of esters is 1. The summed E-state index contributed by atoms with van der Waals surface area (Å²) in [4.78, 5) is 24.1. The van der Waals surface area contributed by atoms with Crippen molar-refractivity contribution in [3.05, 3.63) is 75.1 Å². The monoisotopic (exact) mass is 496 g/mol. The maximum Gasteiger partial charge on any atom is 0.351 e. The Balaban J connectivity index is 1.30. The zero-order valence-corrected chi connectivity index (χ0v) is 18.2. The van der Waals surface area contributed by atoms with Crippen molar-refractivity contribution in [3.63, 3.8) is 0 Å². The van der Waals surface area contributed by atoms with E-state index in [0.717, 1.165) is 10.0 Å². The first-order valence-electron chi connectivity index (χ1n) is 8.99. The molecule has 154 valence electrons. The van der Waals surface area contributed by atoms with E-state index in [-0.39, 0.29) is 12.2 Å². The Labute approximate surface area is 188 Å². The highest BCUT2D eigenvalue weighted by Crippen LogP contribution is 2.28. The van der Waals surface area contributed by atoms with Gasteiger partial charge in [-0.1, -0.05) is 53.9 Å². The first-order chi connectivity index (χ1) is 15.1. The lowest BCUT2D eigenvalue weighted by Crippen LogP contribution is -2.16. The van der Waals surface area contributed by atoms with Crippen LogP contribution in [0.1, 0.15) is 10.4 Å². The lowest BCUT2D eigenvalue weighted by molar-refractivity contribution is 0.0552. The number of carbonyl (C=O) groups excluding carboxylic acids is 1. The fraction of sp³-hybridized carbons (Fsp3) is 0.0909. The van der Waals surface area contributed by atoms with E-state index < -0.39 is 11.6 Å². The average molecular weight is 497 g/mol. The lowest BCUT2D eigenvalue weighted by Gasteiger charge is -2.01. The lowest BCUT2D eigenvalue weighted by atomic mass is 10.2. The molecule has 0 fully saturated rings. The van der Waals surface area contributed by atoms with E-state index in [4.69, 9.17) is 13.6 Å². The highest BCUT2D eigenvalue weighted by molar-refractivity contribution is 9.10. The van der Waals surface area contributed by atoms with Crippen LogP contribution in [-0.2, 0) is 4.74 Å². The number of thioether (sulfide) groups is 1. The molecule has 31 heavy (non-hydrogen) atoms. The molecule has 2 heterocycles. The van der Waals surface area contributed by atoms with Gasteiger partial charge in [-0.3, -0.25) is 0 Å². The molecule has 0 amide bonds. The molecule has 0 aliphatic heterocycles. The third kappa shape index (κ3) is 5.05. The van der Waals surface area contributed by atoms with Gasteiger partial charge in [-0.25, -0.2) is 9.59 Å². The van der Waals surface area contributed by atoms with Gasteiger partial charge in [-0.2, -0.15) is 0 Å². The normalized spacial score (nSPS) is 10.5. The summed E-state index contributed by atoms with van der Waals surface area (Å²) in [7, 11) is 0. The number of halogens is 1. The maximum absolute atomic E-state index is 12.1. The van der Waals surface area contributed by atoms with Crippen LogP contribution in [0.15, 0.2) is 77.9 Å². The molecule has 7 nitrogen and oxygen atoms in total. The molecule has 0 atom stereocenters. The predicted octanol–water partition coefficient (Wildman–Crippen LogP) is 4.56. The summed E-state index contributed by atoms with van der Waals surface area (Å²) in [5.41, 5.74) is 0.299. The third-order valence-corrected chi connectivity index (χ3v) is 5.43. The summed E-state index contributed by atoms with van der Waals surface area (Å²) < 4.78 is 16.6. The Morgan fingerprint density at radius 2 is 1.87 bits per heavy atom. The summed E-state index contributed by atoms with van der Waals surface area (Å²) >= 11 is 4.71. The van der Waals surface area contributed by atoms with Gasteiger partial charge in [0.25, 0.3) is 5.22 Å².